The summed E-state index contributed by atoms with van der Waals surface area (Å²) in [5.41, 5.74) is 1.06. The maximum absolute atomic E-state index is 12.3. The van der Waals surface area contributed by atoms with Gasteiger partial charge in [-0.25, -0.2) is 4.68 Å². The van der Waals surface area contributed by atoms with E-state index in [0.29, 0.717) is 23.2 Å². The fraction of sp³-hybridized carbons (Fsp3) is 0.133. The summed E-state index contributed by atoms with van der Waals surface area (Å²) in [6, 6.07) is 9.89. The minimum absolute atomic E-state index is 0.119. The van der Waals surface area contributed by atoms with E-state index < -0.39 is 11.8 Å². The number of ketones is 1. The van der Waals surface area contributed by atoms with Crippen LogP contribution in [0, 0.1) is 0 Å². The summed E-state index contributed by atoms with van der Waals surface area (Å²) >= 11 is 0. The van der Waals surface area contributed by atoms with Gasteiger partial charge in [-0.3, -0.25) is 14.4 Å². The minimum atomic E-state index is -0.410. The van der Waals surface area contributed by atoms with Gasteiger partial charge in [-0.1, -0.05) is 19.1 Å². The molecule has 1 aliphatic heterocycles. The number of hydrogen-bond donors (Lipinski definition) is 0. The first kappa shape index (κ1) is 12.3. The number of amides is 2. The molecule has 0 unspecified atom stereocenters. The highest BCUT2D eigenvalue weighted by atomic mass is 16.2. The standard InChI is InChI=1S/C15H12N2O3/c1-2-13(18)12-8-5-9-16(12)17-14(19)10-6-3-4-7-11(10)15(17)20/h3-9H,2H2,1H3. The molecule has 2 amide bonds. The van der Waals surface area contributed by atoms with E-state index in [2.05, 4.69) is 0 Å². The van der Waals surface area contributed by atoms with Gasteiger partial charge < -0.3 is 0 Å². The van der Waals surface area contributed by atoms with Crippen LogP contribution >= 0.6 is 0 Å². The molecule has 100 valence electrons. The Morgan fingerprint density at radius 1 is 1.00 bits per heavy atom. The number of hydrogen-bond acceptors (Lipinski definition) is 3. The molecule has 0 aliphatic carbocycles. The molecule has 20 heavy (non-hydrogen) atoms. The van der Waals surface area contributed by atoms with Crippen LogP contribution in [0.4, 0.5) is 0 Å². The van der Waals surface area contributed by atoms with Crippen LogP contribution in [-0.4, -0.2) is 22.3 Å². The zero-order valence-electron chi connectivity index (χ0n) is 10.9. The first-order valence-electron chi connectivity index (χ1n) is 6.33. The summed E-state index contributed by atoms with van der Waals surface area (Å²) in [5, 5.41) is 1.01. The molecule has 1 aromatic carbocycles. The highest BCUT2D eigenvalue weighted by molar-refractivity contribution is 6.30. The Morgan fingerprint density at radius 2 is 1.60 bits per heavy atom. The molecular weight excluding hydrogens is 256 g/mol. The molecule has 2 aromatic rings. The predicted octanol–water partition coefficient (Wildman–Crippen LogP) is 2.01. The summed E-state index contributed by atoms with van der Waals surface area (Å²) in [7, 11) is 0. The zero-order valence-corrected chi connectivity index (χ0v) is 10.9. The van der Waals surface area contributed by atoms with Gasteiger partial charge in [-0.15, -0.1) is 0 Å². The lowest BCUT2D eigenvalue weighted by atomic mass is 10.1. The highest BCUT2D eigenvalue weighted by Gasteiger charge is 2.37. The normalized spacial score (nSPS) is 13.8. The van der Waals surface area contributed by atoms with Crippen LogP contribution < -0.4 is 5.01 Å². The fourth-order valence-electron chi connectivity index (χ4n) is 2.32. The van der Waals surface area contributed by atoms with Gasteiger partial charge in [0.15, 0.2) is 5.78 Å². The first-order chi connectivity index (χ1) is 9.65. The van der Waals surface area contributed by atoms with E-state index in [1.165, 1.54) is 4.68 Å². The lowest BCUT2D eigenvalue weighted by molar-refractivity contribution is 0.0882. The Bertz CT molecular complexity index is 695. The Morgan fingerprint density at radius 3 is 2.15 bits per heavy atom. The van der Waals surface area contributed by atoms with Crippen LogP contribution in [0.15, 0.2) is 42.6 Å². The number of benzene rings is 1. The van der Waals surface area contributed by atoms with Crippen molar-refractivity contribution < 1.29 is 14.4 Å². The SMILES string of the molecule is CCC(=O)c1cccn1N1C(=O)c2ccccc2C1=O. The third-order valence-electron chi connectivity index (χ3n) is 3.32. The Labute approximate surface area is 115 Å². The van der Waals surface area contributed by atoms with E-state index in [4.69, 9.17) is 0 Å². The summed E-state index contributed by atoms with van der Waals surface area (Å²) in [6.07, 6.45) is 1.86. The predicted molar refractivity (Wildman–Crippen MR) is 72.4 cm³/mol. The average molecular weight is 268 g/mol. The maximum Gasteiger partial charge on any atom is 0.281 e. The lowest BCUT2D eigenvalue weighted by Crippen LogP contribution is -2.41. The van der Waals surface area contributed by atoms with E-state index in [9.17, 15) is 14.4 Å². The minimum Gasteiger partial charge on any atom is -0.292 e. The van der Waals surface area contributed by atoms with Crippen LogP contribution in [0.2, 0.25) is 0 Å². The smallest absolute Gasteiger partial charge is 0.281 e. The van der Waals surface area contributed by atoms with Crippen molar-refractivity contribution in [3.63, 3.8) is 0 Å². The third kappa shape index (κ3) is 1.60. The van der Waals surface area contributed by atoms with Crippen molar-refractivity contribution in [2.75, 3.05) is 5.01 Å². The zero-order chi connectivity index (χ0) is 14.3. The molecule has 1 aromatic heterocycles. The van der Waals surface area contributed by atoms with E-state index in [1.54, 1.807) is 49.5 Å². The number of imide groups is 1. The maximum atomic E-state index is 12.3. The summed E-state index contributed by atoms with van der Waals surface area (Å²) in [4.78, 5) is 36.6. The number of Topliss-reactive ketones (excluding diaryl/α,β-unsaturated/α-hetero) is 1. The van der Waals surface area contributed by atoms with Gasteiger partial charge in [0.1, 0.15) is 5.69 Å². The topological polar surface area (TPSA) is 59.4 Å². The van der Waals surface area contributed by atoms with Gasteiger partial charge in [0.05, 0.1) is 11.1 Å². The molecule has 0 radical (unpaired) electrons. The first-order valence-corrected chi connectivity index (χ1v) is 6.33. The van der Waals surface area contributed by atoms with Crippen molar-refractivity contribution in [1.82, 2.24) is 4.68 Å². The van der Waals surface area contributed by atoms with Gasteiger partial charge in [0, 0.05) is 12.6 Å². The second-order valence-corrected chi connectivity index (χ2v) is 4.48. The number of carbonyl (C=O) groups is 3. The summed E-state index contributed by atoms with van der Waals surface area (Å²) in [5.74, 6) is -0.939. The molecule has 0 saturated heterocycles. The molecule has 0 fully saturated rings. The number of fused-ring (bicyclic) bond motifs is 1. The molecular formula is C15H12N2O3. The highest BCUT2D eigenvalue weighted by Crippen LogP contribution is 2.22. The molecule has 0 atom stereocenters. The Kier molecular flexibility index (Phi) is 2.75. The van der Waals surface area contributed by atoms with Crippen LogP contribution in [-0.2, 0) is 0 Å². The van der Waals surface area contributed by atoms with E-state index in [0.717, 1.165) is 5.01 Å². The summed E-state index contributed by atoms with van der Waals surface area (Å²) < 4.78 is 1.33. The van der Waals surface area contributed by atoms with Crippen molar-refractivity contribution in [1.29, 1.82) is 0 Å². The van der Waals surface area contributed by atoms with Crippen LogP contribution in [0.25, 0.3) is 0 Å². The number of aromatic nitrogens is 1. The second kappa shape index (κ2) is 4.45. The van der Waals surface area contributed by atoms with Crippen molar-refractivity contribution in [2.45, 2.75) is 13.3 Å². The Balaban J connectivity index is 2.10. The molecule has 1 aliphatic rings. The van der Waals surface area contributed by atoms with Gasteiger partial charge in [-0.2, -0.15) is 5.01 Å². The van der Waals surface area contributed by atoms with Crippen molar-refractivity contribution >= 4 is 17.6 Å². The molecule has 5 nitrogen and oxygen atoms in total. The number of nitrogens with zero attached hydrogens (tertiary/aromatic N) is 2. The van der Waals surface area contributed by atoms with Gasteiger partial charge in [0.2, 0.25) is 0 Å². The average Bonchev–Trinajstić information content (AvgIpc) is 3.03. The van der Waals surface area contributed by atoms with Gasteiger partial charge in [0.25, 0.3) is 11.8 Å². The molecule has 0 N–H and O–H groups in total. The molecule has 0 bridgehead atoms. The number of rotatable bonds is 3. The molecule has 2 heterocycles. The van der Waals surface area contributed by atoms with Crippen LogP contribution in [0.3, 0.4) is 0 Å². The van der Waals surface area contributed by atoms with Crippen molar-refractivity contribution in [3.05, 3.63) is 59.4 Å². The molecule has 0 saturated carbocycles. The number of carbonyl (C=O) groups excluding carboxylic acids is 3. The van der Waals surface area contributed by atoms with E-state index in [-0.39, 0.29) is 5.78 Å². The van der Waals surface area contributed by atoms with Gasteiger partial charge in [-0.05, 0) is 24.3 Å². The Hall–Kier alpha value is -2.69. The van der Waals surface area contributed by atoms with E-state index >= 15 is 0 Å². The monoisotopic (exact) mass is 268 g/mol. The summed E-state index contributed by atoms with van der Waals surface area (Å²) in [6.45, 7) is 1.74. The van der Waals surface area contributed by atoms with Crippen LogP contribution in [0.1, 0.15) is 44.5 Å². The van der Waals surface area contributed by atoms with Crippen molar-refractivity contribution in [3.8, 4) is 0 Å². The van der Waals surface area contributed by atoms with E-state index in [1.807, 2.05) is 0 Å². The van der Waals surface area contributed by atoms with Gasteiger partial charge >= 0.3 is 0 Å². The fourth-order valence-corrected chi connectivity index (χ4v) is 2.32. The molecule has 3 rings (SSSR count). The van der Waals surface area contributed by atoms with Crippen LogP contribution in [0.5, 0.6) is 0 Å². The van der Waals surface area contributed by atoms with Crippen molar-refractivity contribution in [2.24, 2.45) is 0 Å². The second-order valence-electron chi connectivity index (χ2n) is 4.48. The molecule has 0 spiro atoms. The largest absolute Gasteiger partial charge is 0.292 e. The third-order valence-corrected chi connectivity index (χ3v) is 3.32. The lowest BCUT2D eigenvalue weighted by Gasteiger charge is -2.17. The quantitative estimate of drug-likeness (QED) is 0.632. The molecule has 5 heteroatoms.